The van der Waals surface area contributed by atoms with Gasteiger partial charge in [-0.15, -0.1) is 0 Å². The van der Waals surface area contributed by atoms with Crippen LogP contribution >= 0.6 is 46.4 Å². The average molecular weight is 1020 g/mol. The number of likely N-dealkylation sites (N-methyl/N-ethyl adjacent to an activating group) is 2. The molecule has 0 atom stereocenters. The Balaban J connectivity index is 0.000000174. The number of carbonyl (C=O) groups is 2. The van der Waals surface area contributed by atoms with Gasteiger partial charge in [0.1, 0.15) is 35.4 Å². The van der Waals surface area contributed by atoms with Crippen molar-refractivity contribution in [2.45, 2.75) is 50.6 Å². The first-order valence-corrected chi connectivity index (χ1v) is 24.5. The third-order valence-corrected chi connectivity index (χ3v) is 14.2. The quantitative estimate of drug-likeness (QED) is 0.0911. The number of nitrogens with zero attached hydrogens (tertiary/aromatic N) is 10. The van der Waals surface area contributed by atoms with Crippen LogP contribution < -0.4 is 31.9 Å². The second-order valence-corrected chi connectivity index (χ2v) is 18.8. The smallest absolute Gasteiger partial charge is 0.237 e. The van der Waals surface area contributed by atoms with E-state index >= 15 is 0 Å². The monoisotopic (exact) mass is 1020 g/mol. The number of carbonyl (C=O) groups excluding carboxylic acids is 2. The molecule has 20 heteroatoms. The number of hydrogen-bond acceptors (Lipinski definition) is 12. The van der Waals surface area contributed by atoms with E-state index in [2.05, 4.69) is 40.4 Å². The Morgan fingerprint density at radius 1 is 0.543 bits per heavy atom. The first kappa shape index (κ1) is 48.6. The molecule has 2 amide bonds. The normalized spacial score (nSPS) is 15.5. The van der Waals surface area contributed by atoms with Gasteiger partial charge in [0.05, 0.1) is 10.0 Å². The van der Waals surface area contributed by atoms with Crippen molar-refractivity contribution in [3.63, 3.8) is 0 Å². The van der Waals surface area contributed by atoms with E-state index in [1.54, 1.807) is 12.7 Å². The van der Waals surface area contributed by atoms with Crippen LogP contribution in [-0.2, 0) is 9.59 Å². The summed E-state index contributed by atoms with van der Waals surface area (Å²) in [5, 5.41) is 9.04. The van der Waals surface area contributed by atoms with Gasteiger partial charge in [0.15, 0.2) is 34.0 Å². The molecule has 6 N–H and O–H groups in total. The highest BCUT2D eigenvalue weighted by atomic mass is 35.5. The lowest BCUT2D eigenvalue weighted by molar-refractivity contribution is -0.126. The van der Waals surface area contributed by atoms with Gasteiger partial charge >= 0.3 is 0 Å². The summed E-state index contributed by atoms with van der Waals surface area (Å²) in [4.78, 5) is 57.1. The number of rotatable bonds is 12. The van der Waals surface area contributed by atoms with Crippen LogP contribution in [0.5, 0.6) is 0 Å². The molecule has 0 aliphatic carbocycles. The van der Waals surface area contributed by atoms with Crippen LogP contribution in [0.25, 0.3) is 56.5 Å². The molecule has 2 aliphatic heterocycles. The van der Waals surface area contributed by atoms with E-state index in [4.69, 9.17) is 67.8 Å². The third kappa shape index (κ3) is 9.34. The van der Waals surface area contributed by atoms with Crippen molar-refractivity contribution in [1.82, 2.24) is 49.7 Å². The van der Waals surface area contributed by atoms with Crippen LogP contribution in [0, 0.1) is 0 Å². The summed E-state index contributed by atoms with van der Waals surface area (Å²) in [6, 6.07) is 30.2. The van der Waals surface area contributed by atoms with E-state index < -0.39 is 11.1 Å². The fourth-order valence-corrected chi connectivity index (χ4v) is 10.1. The lowest BCUT2D eigenvalue weighted by Gasteiger charge is -2.40. The van der Waals surface area contributed by atoms with Crippen molar-refractivity contribution in [2.75, 3.05) is 49.1 Å². The second-order valence-electron chi connectivity index (χ2n) is 17.1. The zero-order chi connectivity index (χ0) is 49.2. The lowest BCUT2D eigenvalue weighted by Crippen LogP contribution is -2.61. The Morgan fingerprint density at radius 3 is 1.23 bits per heavy atom. The van der Waals surface area contributed by atoms with Gasteiger partial charge in [0.2, 0.25) is 11.8 Å². The van der Waals surface area contributed by atoms with Crippen molar-refractivity contribution in [3.05, 3.63) is 130 Å². The first-order chi connectivity index (χ1) is 33.9. The number of benzene rings is 4. The molecular weight excluding hydrogens is 970 g/mol. The number of nitrogens with one attached hydrogen (secondary N) is 2. The van der Waals surface area contributed by atoms with Crippen LogP contribution in [0.3, 0.4) is 0 Å². The number of amides is 2. The van der Waals surface area contributed by atoms with Crippen LogP contribution in [0.1, 0.15) is 39.5 Å². The minimum absolute atomic E-state index is 0.320. The van der Waals surface area contributed by atoms with Crippen LogP contribution in [0.15, 0.2) is 110 Å². The largest absolute Gasteiger partial charge is 0.368 e. The molecule has 2 saturated heterocycles. The maximum atomic E-state index is 12.2. The highest BCUT2D eigenvalue weighted by Crippen LogP contribution is 2.38. The van der Waals surface area contributed by atoms with E-state index in [-0.39, 0.29) is 11.8 Å². The van der Waals surface area contributed by atoms with Gasteiger partial charge in [-0.2, -0.15) is 0 Å². The average Bonchev–Trinajstić information content (AvgIpc) is 3.95. The number of halogens is 4. The summed E-state index contributed by atoms with van der Waals surface area (Å²) in [5.74, 6) is 2.10. The van der Waals surface area contributed by atoms with Crippen LogP contribution in [0.2, 0.25) is 20.1 Å². The molecular formula is C50H50Cl4N14O2. The molecule has 70 heavy (non-hydrogen) atoms. The summed E-state index contributed by atoms with van der Waals surface area (Å²) in [5.41, 5.74) is 16.0. The lowest BCUT2D eigenvalue weighted by atomic mass is 9.86. The van der Waals surface area contributed by atoms with Gasteiger partial charge in [0.25, 0.3) is 0 Å². The first-order valence-electron chi connectivity index (χ1n) is 22.9. The maximum absolute atomic E-state index is 12.2. The fraction of sp³-hybridized carbons (Fsp3) is 0.280. The standard InChI is InChI=1S/2C25H25Cl2N7O/c2*1-2-31-25(24(28)35)11-13-33(14-12-25)22-20-23(30-15-29-22)34(17-9-7-16(26)8-10-17)21(32-20)18-5-3-4-6-19(18)27/h2*3-10,15,31H,2,11-14H2,1H3,(H2,28,35). The number of primary amides is 2. The van der Waals surface area contributed by atoms with E-state index in [0.29, 0.717) is 131 Å². The van der Waals surface area contributed by atoms with Crippen LogP contribution in [0.4, 0.5) is 11.6 Å². The number of aromatic nitrogens is 8. The summed E-state index contributed by atoms with van der Waals surface area (Å²) in [6.07, 6.45) is 5.41. The van der Waals surface area contributed by atoms with Gasteiger partial charge in [-0.25, -0.2) is 29.9 Å². The van der Waals surface area contributed by atoms with Crippen molar-refractivity contribution in [1.29, 1.82) is 0 Å². The Labute approximate surface area is 424 Å². The summed E-state index contributed by atoms with van der Waals surface area (Å²) >= 11 is 25.5. The van der Waals surface area contributed by atoms with Crippen molar-refractivity contribution >= 4 is 92.2 Å². The van der Waals surface area contributed by atoms with Crippen molar-refractivity contribution < 1.29 is 9.59 Å². The minimum Gasteiger partial charge on any atom is -0.368 e. The van der Waals surface area contributed by atoms with Crippen molar-refractivity contribution in [2.24, 2.45) is 11.5 Å². The molecule has 0 bridgehead atoms. The number of hydrogen-bond donors (Lipinski definition) is 4. The van der Waals surface area contributed by atoms with E-state index in [9.17, 15) is 9.59 Å². The molecule has 16 nitrogen and oxygen atoms in total. The third-order valence-electron chi connectivity index (χ3n) is 13.1. The molecule has 8 aromatic rings. The summed E-state index contributed by atoms with van der Waals surface area (Å²) in [7, 11) is 0. The Hall–Kier alpha value is -6.40. The zero-order valence-electron chi connectivity index (χ0n) is 38.4. The molecule has 0 saturated carbocycles. The van der Waals surface area contributed by atoms with Gasteiger partial charge in [0, 0.05) is 58.7 Å². The predicted octanol–water partition coefficient (Wildman–Crippen LogP) is 8.45. The molecule has 4 aromatic carbocycles. The number of fused-ring (bicyclic) bond motifs is 2. The van der Waals surface area contributed by atoms with E-state index in [1.165, 1.54) is 0 Å². The highest BCUT2D eigenvalue weighted by molar-refractivity contribution is 6.33. The topological polar surface area (TPSA) is 204 Å². The SMILES string of the molecule is CCNC1(C(N)=O)CCN(c2ncnc3c2nc(-c2ccccc2Cl)n3-c2ccc(Cl)cc2)CC1.CCNC1(C(N)=O)CCN(c2ncnc3c2nc(-c2ccccc2Cl)n3-c2ccc(Cl)cc2)CC1. The molecule has 0 unspecified atom stereocenters. The van der Waals surface area contributed by atoms with Gasteiger partial charge in [-0.3, -0.25) is 18.7 Å². The fourth-order valence-electron chi connectivity index (χ4n) is 9.44. The molecule has 0 spiro atoms. The predicted molar refractivity (Wildman–Crippen MR) is 278 cm³/mol. The number of nitrogens with two attached hydrogens (primary N) is 2. The molecule has 360 valence electrons. The molecule has 6 heterocycles. The molecule has 0 radical (unpaired) electrons. The number of piperidine rings is 2. The second kappa shape index (κ2) is 20.5. The zero-order valence-corrected chi connectivity index (χ0v) is 41.4. The van der Waals surface area contributed by atoms with Crippen LogP contribution in [-0.4, -0.2) is 101 Å². The highest BCUT2D eigenvalue weighted by Gasteiger charge is 2.41. The van der Waals surface area contributed by atoms with Crippen molar-refractivity contribution in [3.8, 4) is 34.2 Å². The van der Waals surface area contributed by atoms with E-state index in [0.717, 1.165) is 22.5 Å². The van der Waals surface area contributed by atoms with Gasteiger partial charge < -0.3 is 31.9 Å². The summed E-state index contributed by atoms with van der Waals surface area (Å²) < 4.78 is 3.93. The Bertz CT molecular complexity index is 2970. The molecule has 2 fully saturated rings. The van der Waals surface area contributed by atoms with E-state index in [1.807, 2.05) is 120 Å². The molecule has 4 aromatic heterocycles. The summed E-state index contributed by atoms with van der Waals surface area (Å²) in [6.45, 7) is 7.74. The Kier molecular flexibility index (Phi) is 14.2. The maximum Gasteiger partial charge on any atom is 0.237 e. The van der Waals surface area contributed by atoms with Gasteiger partial charge in [-0.1, -0.05) is 84.5 Å². The molecule has 2 aliphatic rings. The van der Waals surface area contributed by atoms with Gasteiger partial charge in [-0.05, 0) is 112 Å². The molecule has 10 rings (SSSR count). The number of anilines is 2. The minimum atomic E-state index is -0.706. The number of imidazole rings is 2. The Morgan fingerprint density at radius 2 is 0.900 bits per heavy atom.